The lowest BCUT2D eigenvalue weighted by atomic mass is 10.2. The van der Waals surface area contributed by atoms with Gasteiger partial charge >= 0.3 is 5.97 Å². The number of aromatic carboxylic acids is 1. The van der Waals surface area contributed by atoms with E-state index in [1.807, 2.05) is 0 Å². The maximum atomic E-state index is 10.4. The van der Waals surface area contributed by atoms with Gasteiger partial charge in [0.25, 0.3) is 0 Å². The number of aromatic hydroxyl groups is 1. The molecule has 0 saturated carbocycles. The Morgan fingerprint density at radius 2 is 2.08 bits per heavy atom. The SMILES string of the molecule is O=C(O)c1cc(NO)ccc1O. The molecule has 0 atom stereocenters. The van der Waals surface area contributed by atoms with Crippen LogP contribution in [0, 0.1) is 0 Å². The third-order valence-corrected chi connectivity index (χ3v) is 1.36. The first-order chi connectivity index (χ1) is 5.65. The summed E-state index contributed by atoms with van der Waals surface area (Å²) in [5.74, 6) is -1.58. The number of carboxylic acid groups (broad SMARTS) is 1. The van der Waals surface area contributed by atoms with Crippen molar-refractivity contribution in [2.75, 3.05) is 5.48 Å². The van der Waals surface area contributed by atoms with Crippen molar-refractivity contribution in [2.45, 2.75) is 0 Å². The van der Waals surface area contributed by atoms with Crippen molar-refractivity contribution in [3.63, 3.8) is 0 Å². The van der Waals surface area contributed by atoms with Gasteiger partial charge in [0.2, 0.25) is 0 Å². The minimum Gasteiger partial charge on any atom is -0.507 e. The number of anilines is 1. The molecule has 0 spiro atoms. The van der Waals surface area contributed by atoms with Crippen LogP contribution in [-0.2, 0) is 0 Å². The zero-order chi connectivity index (χ0) is 9.14. The molecule has 0 bridgehead atoms. The molecule has 0 aliphatic carbocycles. The predicted molar refractivity (Wildman–Crippen MR) is 40.5 cm³/mol. The minimum absolute atomic E-state index is 0.213. The Morgan fingerprint density at radius 1 is 1.42 bits per heavy atom. The van der Waals surface area contributed by atoms with Crippen molar-refractivity contribution >= 4 is 11.7 Å². The summed E-state index contributed by atoms with van der Waals surface area (Å²) in [6.07, 6.45) is 0. The highest BCUT2D eigenvalue weighted by Gasteiger charge is 2.09. The lowest BCUT2D eigenvalue weighted by Gasteiger charge is -2.01. The first kappa shape index (κ1) is 8.35. The van der Waals surface area contributed by atoms with E-state index in [0.717, 1.165) is 6.07 Å². The fourth-order valence-electron chi connectivity index (χ4n) is 0.777. The number of phenols is 1. The normalized spacial score (nSPS) is 9.42. The summed E-state index contributed by atoms with van der Waals surface area (Å²) in [5.41, 5.74) is 1.73. The molecule has 5 nitrogen and oxygen atoms in total. The summed E-state index contributed by atoms with van der Waals surface area (Å²) in [6, 6.07) is 3.65. The molecule has 64 valence electrons. The van der Waals surface area contributed by atoms with Gasteiger partial charge in [-0.15, -0.1) is 0 Å². The second kappa shape index (κ2) is 3.10. The smallest absolute Gasteiger partial charge is 0.339 e. The summed E-state index contributed by atoms with van der Waals surface area (Å²) < 4.78 is 0. The molecule has 1 aromatic carbocycles. The van der Waals surface area contributed by atoms with Crippen LogP contribution in [0.15, 0.2) is 18.2 Å². The average Bonchev–Trinajstić information content (AvgIpc) is 2.05. The van der Waals surface area contributed by atoms with Crippen molar-refractivity contribution in [2.24, 2.45) is 0 Å². The van der Waals surface area contributed by atoms with E-state index in [1.165, 1.54) is 12.1 Å². The van der Waals surface area contributed by atoms with Crippen molar-refractivity contribution in [1.29, 1.82) is 0 Å². The number of rotatable bonds is 2. The number of carbonyl (C=O) groups is 1. The van der Waals surface area contributed by atoms with E-state index in [-0.39, 0.29) is 17.0 Å². The summed E-state index contributed by atoms with van der Waals surface area (Å²) >= 11 is 0. The second-order valence-electron chi connectivity index (χ2n) is 2.15. The fraction of sp³-hybridized carbons (Fsp3) is 0. The van der Waals surface area contributed by atoms with Gasteiger partial charge in [-0.1, -0.05) is 0 Å². The minimum atomic E-state index is -1.25. The molecule has 0 saturated heterocycles. The first-order valence-corrected chi connectivity index (χ1v) is 3.11. The maximum Gasteiger partial charge on any atom is 0.339 e. The number of benzene rings is 1. The second-order valence-corrected chi connectivity index (χ2v) is 2.15. The van der Waals surface area contributed by atoms with Crippen LogP contribution in [0.3, 0.4) is 0 Å². The summed E-state index contributed by atoms with van der Waals surface area (Å²) in [4.78, 5) is 10.4. The fourth-order valence-corrected chi connectivity index (χ4v) is 0.777. The van der Waals surface area contributed by atoms with Crippen molar-refractivity contribution in [3.05, 3.63) is 23.8 Å². The van der Waals surface area contributed by atoms with Crippen LogP contribution in [0.1, 0.15) is 10.4 Å². The van der Waals surface area contributed by atoms with E-state index < -0.39 is 5.97 Å². The van der Waals surface area contributed by atoms with Gasteiger partial charge in [-0.2, -0.15) is 0 Å². The molecule has 4 N–H and O–H groups in total. The lowest BCUT2D eigenvalue weighted by Crippen LogP contribution is -1.98. The Hall–Kier alpha value is -1.75. The topological polar surface area (TPSA) is 89.8 Å². The monoisotopic (exact) mass is 169 g/mol. The highest BCUT2D eigenvalue weighted by atomic mass is 16.5. The Labute approximate surface area is 67.8 Å². The third kappa shape index (κ3) is 1.46. The highest BCUT2D eigenvalue weighted by Crippen LogP contribution is 2.20. The molecule has 0 heterocycles. The van der Waals surface area contributed by atoms with Crippen molar-refractivity contribution in [3.8, 4) is 5.75 Å². The molecule has 1 aromatic rings. The van der Waals surface area contributed by atoms with E-state index in [4.69, 9.17) is 15.4 Å². The third-order valence-electron chi connectivity index (χ3n) is 1.36. The van der Waals surface area contributed by atoms with Crippen LogP contribution in [-0.4, -0.2) is 21.4 Å². The van der Waals surface area contributed by atoms with E-state index in [1.54, 1.807) is 5.48 Å². The molecule has 0 radical (unpaired) electrons. The van der Waals surface area contributed by atoms with Crippen molar-refractivity contribution < 1.29 is 20.2 Å². The zero-order valence-corrected chi connectivity index (χ0v) is 5.98. The Bertz CT molecular complexity index is 310. The van der Waals surface area contributed by atoms with Gasteiger partial charge in [0.15, 0.2) is 0 Å². The van der Waals surface area contributed by atoms with E-state index in [9.17, 15) is 4.79 Å². The molecule has 5 heteroatoms. The maximum absolute atomic E-state index is 10.4. The summed E-state index contributed by atoms with van der Waals surface area (Å²) in [6.45, 7) is 0. The molecule has 0 aliphatic heterocycles. The van der Waals surface area contributed by atoms with E-state index in [0.29, 0.717) is 0 Å². The molecule has 0 fully saturated rings. The number of hydrogen-bond acceptors (Lipinski definition) is 4. The number of nitrogens with one attached hydrogen (secondary N) is 1. The Kier molecular flexibility index (Phi) is 2.16. The lowest BCUT2D eigenvalue weighted by molar-refractivity contribution is 0.0694. The largest absolute Gasteiger partial charge is 0.507 e. The zero-order valence-electron chi connectivity index (χ0n) is 5.98. The molecule has 12 heavy (non-hydrogen) atoms. The first-order valence-electron chi connectivity index (χ1n) is 3.11. The van der Waals surface area contributed by atoms with Crippen LogP contribution in [0.25, 0.3) is 0 Å². The molecule has 1 rings (SSSR count). The molecule has 0 aromatic heterocycles. The van der Waals surface area contributed by atoms with Gasteiger partial charge in [-0.3, -0.25) is 10.7 Å². The molecule has 0 amide bonds. The number of hydrogen-bond donors (Lipinski definition) is 4. The van der Waals surface area contributed by atoms with Gasteiger partial charge in [0, 0.05) is 0 Å². The Morgan fingerprint density at radius 3 is 2.58 bits per heavy atom. The summed E-state index contributed by atoms with van der Waals surface area (Å²) in [5, 5.41) is 25.9. The Balaban J connectivity index is 3.17. The van der Waals surface area contributed by atoms with Gasteiger partial charge in [-0.05, 0) is 18.2 Å². The standard InChI is InChI=1S/C7H7NO4/c9-6-2-1-4(8-12)3-5(6)7(10)11/h1-3,8-9,12H,(H,10,11). The number of carboxylic acids is 1. The van der Waals surface area contributed by atoms with Gasteiger partial charge in [-0.25, -0.2) is 4.79 Å². The average molecular weight is 169 g/mol. The van der Waals surface area contributed by atoms with Crippen LogP contribution in [0.4, 0.5) is 5.69 Å². The van der Waals surface area contributed by atoms with Crippen molar-refractivity contribution in [1.82, 2.24) is 0 Å². The van der Waals surface area contributed by atoms with Crippen LogP contribution >= 0.6 is 0 Å². The van der Waals surface area contributed by atoms with Crippen LogP contribution in [0.5, 0.6) is 5.75 Å². The van der Waals surface area contributed by atoms with Gasteiger partial charge < -0.3 is 10.2 Å². The van der Waals surface area contributed by atoms with Gasteiger partial charge in [0.1, 0.15) is 11.3 Å². The molecule has 0 aliphatic rings. The van der Waals surface area contributed by atoms with Gasteiger partial charge in [0.05, 0.1) is 5.69 Å². The van der Waals surface area contributed by atoms with Crippen LogP contribution in [0.2, 0.25) is 0 Å². The van der Waals surface area contributed by atoms with Crippen LogP contribution < -0.4 is 5.48 Å². The predicted octanol–water partition coefficient (Wildman–Crippen LogP) is 0.891. The highest BCUT2D eigenvalue weighted by molar-refractivity contribution is 5.91. The molecule has 0 unspecified atom stereocenters. The van der Waals surface area contributed by atoms with E-state index >= 15 is 0 Å². The molecular weight excluding hydrogens is 162 g/mol. The molecular formula is C7H7NO4. The summed E-state index contributed by atoms with van der Waals surface area (Å²) in [7, 11) is 0. The van der Waals surface area contributed by atoms with E-state index in [2.05, 4.69) is 0 Å². The quantitative estimate of drug-likeness (QED) is 0.390.